The molecule has 1 aliphatic heterocycles. The number of nitrogens with zero attached hydrogens (tertiary/aromatic N) is 3. The second-order valence-electron chi connectivity index (χ2n) is 9.75. The van der Waals surface area contributed by atoms with E-state index < -0.39 is 41.9 Å². The van der Waals surface area contributed by atoms with Crippen LogP contribution in [0.3, 0.4) is 0 Å². The summed E-state index contributed by atoms with van der Waals surface area (Å²) in [6.45, 7) is 6.04. The summed E-state index contributed by atoms with van der Waals surface area (Å²) in [5.74, 6) is -2.90. The standard InChI is InChI=1S/C29H35N3O8/c1-17(2)26-28(36)32(23(16-30(26)18(3)33)21-12-13-24(39-5)25(15-21)40-6)31(19(4)34)22(27(35)29(37)38)14-20-10-8-7-9-11-20/h7-13,15-17,22,26-27,35H,14H2,1-6H3,(H,37,38)/t22-,26?,27?/m0/s1. The Hall–Kier alpha value is -4.38. The van der Waals surface area contributed by atoms with Gasteiger partial charge in [0, 0.05) is 25.6 Å². The fourth-order valence-corrected chi connectivity index (χ4v) is 4.81. The third-order valence-corrected chi connectivity index (χ3v) is 6.68. The minimum atomic E-state index is -2.04. The average Bonchev–Trinajstić information content (AvgIpc) is 2.92. The van der Waals surface area contributed by atoms with Crippen LogP contribution in [0.2, 0.25) is 0 Å². The van der Waals surface area contributed by atoms with Gasteiger partial charge in [0.15, 0.2) is 17.6 Å². The van der Waals surface area contributed by atoms with E-state index in [1.165, 1.54) is 39.2 Å². The smallest absolute Gasteiger partial charge is 0.334 e. The molecule has 2 aromatic carbocycles. The SMILES string of the molecule is COc1ccc(C2=CN(C(C)=O)C(C(C)C)C(=O)N2N(C(C)=O)[C@@H](Cc2ccccc2)C(O)C(=O)O)cc1OC. The summed E-state index contributed by atoms with van der Waals surface area (Å²) in [5.41, 5.74) is 1.14. The summed E-state index contributed by atoms with van der Waals surface area (Å²) in [6, 6.07) is 11.2. The highest BCUT2D eigenvalue weighted by molar-refractivity contribution is 5.98. The largest absolute Gasteiger partial charge is 0.493 e. The molecule has 214 valence electrons. The van der Waals surface area contributed by atoms with Gasteiger partial charge in [-0.25, -0.2) is 14.8 Å². The van der Waals surface area contributed by atoms with E-state index in [-0.39, 0.29) is 18.0 Å². The molecule has 3 rings (SSSR count). The zero-order valence-electron chi connectivity index (χ0n) is 23.4. The van der Waals surface area contributed by atoms with Crippen LogP contribution in [-0.2, 0) is 25.6 Å². The summed E-state index contributed by atoms with van der Waals surface area (Å²) in [6.07, 6.45) is -0.648. The van der Waals surface area contributed by atoms with Gasteiger partial charge in [0.25, 0.3) is 5.91 Å². The first-order valence-corrected chi connectivity index (χ1v) is 12.7. The Labute approximate surface area is 233 Å². The second kappa shape index (κ2) is 12.6. The van der Waals surface area contributed by atoms with Crippen LogP contribution in [-0.4, -0.2) is 81.2 Å². The molecule has 0 spiro atoms. The Morgan fingerprint density at radius 2 is 1.62 bits per heavy atom. The Balaban J connectivity index is 2.31. The Bertz CT molecular complexity index is 1290. The predicted octanol–water partition coefficient (Wildman–Crippen LogP) is 2.54. The van der Waals surface area contributed by atoms with Crippen LogP contribution in [0.1, 0.15) is 38.8 Å². The lowest BCUT2D eigenvalue weighted by atomic mass is 9.96. The minimum absolute atomic E-state index is 0.0698. The first kappa shape index (κ1) is 30.2. The van der Waals surface area contributed by atoms with Gasteiger partial charge in [-0.1, -0.05) is 44.2 Å². The summed E-state index contributed by atoms with van der Waals surface area (Å²) >= 11 is 0. The summed E-state index contributed by atoms with van der Waals surface area (Å²) in [4.78, 5) is 53.6. The lowest BCUT2D eigenvalue weighted by Crippen LogP contribution is -2.64. The van der Waals surface area contributed by atoms with Crippen LogP contribution in [0.4, 0.5) is 0 Å². The molecule has 0 fully saturated rings. The minimum Gasteiger partial charge on any atom is -0.493 e. The van der Waals surface area contributed by atoms with E-state index in [0.29, 0.717) is 22.6 Å². The fourth-order valence-electron chi connectivity index (χ4n) is 4.81. The van der Waals surface area contributed by atoms with Crippen LogP contribution < -0.4 is 9.47 Å². The number of carboxylic acid groups (broad SMARTS) is 1. The number of methoxy groups -OCH3 is 2. The zero-order chi connectivity index (χ0) is 29.7. The first-order chi connectivity index (χ1) is 18.9. The normalized spacial score (nSPS) is 16.8. The van der Waals surface area contributed by atoms with E-state index in [1.807, 2.05) is 0 Å². The van der Waals surface area contributed by atoms with Crippen molar-refractivity contribution in [2.45, 2.75) is 52.3 Å². The maximum atomic E-state index is 14.3. The van der Waals surface area contributed by atoms with Crippen molar-refractivity contribution in [1.82, 2.24) is 14.9 Å². The van der Waals surface area contributed by atoms with Crippen LogP contribution in [0.15, 0.2) is 54.7 Å². The van der Waals surface area contributed by atoms with Gasteiger partial charge < -0.3 is 24.6 Å². The van der Waals surface area contributed by atoms with E-state index in [4.69, 9.17) is 9.47 Å². The number of carboxylic acids is 1. The van der Waals surface area contributed by atoms with Crippen molar-refractivity contribution in [2.24, 2.45) is 5.92 Å². The topological polar surface area (TPSA) is 137 Å². The molecule has 2 aromatic rings. The van der Waals surface area contributed by atoms with E-state index in [0.717, 1.165) is 10.0 Å². The molecule has 0 radical (unpaired) electrons. The molecule has 40 heavy (non-hydrogen) atoms. The molecular weight excluding hydrogens is 518 g/mol. The van der Waals surface area contributed by atoms with Gasteiger partial charge in [0.05, 0.1) is 26.0 Å². The van der Waals surface area contributed by atoms with E-state index >= 15 is 0 Å². The third kappa shape index (κ3) is 6.09. The molecule has 1 aliphatic rings. The van der Waals surface area contributed by atoms with Crippen LogP contribution in [0.25, 0.3) is 5.70 Å². The number of carbonyl (C=O) groups is 4. The van der Waals surface area contributed by atoms with Crippen molar-refractivity contribution in [3.63, 3.8) is 0 Å². The molecule has 0 saturated carbocycles. The highest BCUT2D eigenvalue weighted by Gasteiger charge is 2.46. The van der Waals surface area contributed by atoms with Crippen molar-refractivity contribution in [3.8, 4) is 11.5 Å². The Morgan fingerprint density at radius 1 is 1.00 bits per heavy atom. The van der Waals surface area contributed by atoms with E-state index in [1.54, 1.807) is 62.4 Å². The average molecular weight is 554 g/mol. The summed E-state index contributed by atoms with van der Waals surface area (Å²) < 4.78 is 10.8. The second-order valence-corrected chi connectivity index (χ2v) is 9.75. The number of amides is 3. The number of hydrogen-bond acceptors (Lipinski definition) is 7. The van der Waals surface area contributed by atoms with Gasteiger partial charge >= 0.3 is 5.97 Å². The molecule has 2 unspecified atom stereocenters. The van der Waals surface area contributed by atoms with E-state index in [9.17, 15) is 29.4 Å². The molecule has 0 aromatic heterocycles. The predicted molar refractivity (Wildman–Crippen MR) is 146 cm³/mol. The first-order valence-electron chi connectivity index (χ1n) is 12.7. The van der Waals surface area contributed by atoms with Gasteiger partial charge in [0.2, 0.25) is 11.8 Å². The quantitative estimate of drug-likeness (QED) is 0.458. The number of ether oxygens (including phenoxy) is 2. The molecule has 2 N–H and O–H groups in total. The Kier molecular flexibility index (Phi) is 9.54. The van der Waals surface area contributed by atoms with E-state index in [2.05, 4.69) is 0 Å². The number of hydrogen-bond donors (Lipinski definition) is 2. The van der Waals surface area contributed by atoms with Gasteiger partial charge in [0.1, 0.15) is 6.04 Å². The molecule has 0 aliphatic carbocycles. The molecule has 3 atom stereocenters. The van der Waals surface area contributed by atoms with Gasteiger partial charge in [-0.3, -0.25) is 14.4 Å². The van der Waals surface area contributed by atoms with Crippen molar-refractivity contribution in [3.05, 3.63) is 65.9 Å². The number of aliphatic hydroxyl groups is 1. The molecule has 1 heterocycles. The van der Waals surface area contributed by atoms with Gasteiger partial charge in [-0.2, -0.15) is 0 Å². The third-order valence-electron chi connectivity index (χ3n) is 6.68. The van der Waals surface area contributed by atoms with Crippen molar-refractivity contribution < 1.29 is 38.9 Å². The monoisotopic (exact) mass is 553 g/mol. The lowest BCUT2D eigenvalue weighted by Gasteiger charge is -2.47. The van der Waals surface area contributed by atoms with Crippen LogP contribution in [0, 0.1) is 5.92 Å². The maximum absolute atomic E-state index is 14.3. The Morgan fingerprint density at radius 3 is 2.12 bits per heavy atom. The molecular formula is C29H35N3O8. The fraction of sp³-hybridized carbons (Fsp3) is 0.379. The number of aliphatic carboxylic acids is 1. The molecule has 0 saturated heterocycles. The zero-order valence-corrected chi connectivity index (χ0v) is 23.4. The number of hydrazine groups is 1. The van der Waals surface area contributed by atoms with Crippen molar-refractivity contribution in [1.29, 1.82) is 0 Å². The maximum Gasteiger partial charge on any atom is 0.334 e. The van der Waals surface area contributed by atoms with Crippen molar-refractivity contribution >= 4 is 29.4 Å². The molecule has 3 amide bonds. The number of rotatable bonds is 10. The number of aliphatic hydroxyl groups excluding tert-OH is 1. The molecule has 11 nitrogen and oxygen atoms in total. The number of benzene rings is 2. The highest BCUT2D eigenvalue weighted by Crippen LogP contribution is 2.37. The summed E-state index contributed by atoms with van der Waals surface area (Å²) in [7, 11) is 2.91. The highest BCUT2D eigenvalue weighted by atomic mass is 16.5. The van der Waals surface area contributed by atoms with Gasteiger partial charge in [-0.05, 0) is 36.1 Å². The summed E-state index contributed by atoms with van der Waals surface area (Å²) in [5, 5.41) is 22.7. The van der Waals surface area contributed by atoms with Gasteiger partial charge in [-0.15, -0.1) is 0 Å². The van der Waals surface area contributed by atoms with Crippen LogP contribution >= 0.6 is 0 Å². The van der Waals surface area contributed by atoms with Crippen molar-refractivity contribution in [2.75, 3.05) is 14.2 Å². The number of carbonyl (C=O) groups excluding carboxylic acids is 3. The lowest BCUT2D eigenvalue weighted by molar-refractivity contribution is -0.175. The van der Waals surface area contributed by atoms with Crippen LogP contribution in [0.5, 0.6) is 11.5 Å². The molecule has 11 heteroatoms. The molecule has 0 bridgehead atoms.